The highest BCUT2D eigenvalue weighted by atomic mass is 16.4. The maximum atomic E-state index is 10.9. The van der Waals surface area contributed by atoms with Crippen molar-refractivity contribution >= 4 is 17.5 Å². The summed E-state index contributed by atoms with van der Waals surface area (Å²) in [6.07, 6.45) is 9.56. The highest BCUT2D eigenvalue weighted by Gasteiger charge is 2.22. The van der Waals surface area contributed by atoms with Crippen molar-refractivity contribution in [1.29, 1.82) is 0 Å². The lowest BCUT2D eigenvalue weighted by Gasteiger charge is -2.34. The third-order valence-corrected chi connectivity index (χ3v) is 6.05. The Bertz CT molecular complexity index is 886. The van der Waals surface area contributed by atoms with E-state index in [2.05, 4.69) is 57.2 Å². The van der Waals surface area contributed by atoms with Crippen molar-refractivity contribution in [3.63, 3.8) is 0 Å². The average Bonchev–Trinajstić information content (AvgIpc) is 3.16. The lowest BCUT2D eigenvalue weighted by atomic mass is 9.96. The fraction of sp³-hybridized carbons (Fsp3) is 0.435. The monoisotopic (exact) mass is 392 g/mol. The summed E-state index contributed by atoms with van der Waals surface area (Å²) in [5.74, 6) is 0.322. The largest absolute Gasteiger partial charge is 0.478 e. The van der Waals surface area contributed by atoms with Gasteiger partial charge in [0.2, 0.25) is 5.95 Å². The molecule has 2 heterocycles. The van der Waals surface area contributed by atoms with Crippen molar-refractivity contribution in [1.82, 2.24) is 14.9 Å². The van der Waals surface area contributed by atoms with Gasteiger partial charge in [0.25, 0.3) is 0 Å². The molecule has 4 rings (SSSR count). The molecule has 1 aliphatic heterocycles. The first kappa shape index (κ1) is 19.6. The number of carboxylic acid groups (broad SMARTS) is 1. The smallest absolute Gasteiger partial charge is 0.338 e. The Morgan fingerprint density at radius 2 is 1.93 bits per heavy atom. The zero-order valence-corrected chi connectivity index (χ0v) is 16.9. The predicted octanol–water partition coefficient (Wildman–Crippen LogP) is 3.35. The van der Waals surface area contributed by atoms with Gasteiger partial charge in [0.1, 0.15) is 0 Å². The number of aromatic nitrogens is 2. The molecule has 6 nitrogen and oxygen atoms in total. The van der Waals surface area contributed by atoms with E-state index in [1.807, 2.05) is 0 Å². The quantitative estimate of drug-likeness (QED) is 0.779. The molecule has 0 radical (unpaired) electrons. The van der Waals surface area contributed by atoms with Crippen LogP contribution in [0.2, 0.25) is 0 Å². The van der Waals surface area contributed by atoms with Crippen LogP contribution in [0.15, 0.2) is 42.7 Å². The molecule has 1 fully saturated rings. The van der Waals surface area contributed by atoms with Crippen molar-refractivity contribution in [3.8, 4) is 0 Å². The van der Waals surface area contributed by atoms with Crippen LogP contribution >= 0.6 is 0 Å². The molecule has 2 aromatic rings. The van der Waals surface area contributed by atoms with E-state index < -0.39 is 5.97 Å². The second-order valence-electron chi connectivity index (χ2n) is 8.11. The summed E-state index contributed by atoms with van der Waals surface area (Å²) < 4.78 is 0. The molecule has 29 heavy (non-hydrogen) atoms. The number of hydrogen-bond donors (Lipinski definition) is 1. The van der Waals surface area contributed by atoms with E-state index in [4.69, 9.17) is 5.11 Å². The van der Waals surface area contributed by atoms with Crippen LogP contribution in [0.5, 0.6) is 0 Å². The van der Waals surface area contributed by atoms with Gasteiger partial charge >= 0.3 is 5.97 Å². The molecule has 0 saturated carbocycles. The summed E-state index contributed by atoms with van der Waals surface area (Å²) >= 11 is 0. The van der Waals surface area contributed by atoms with Gasteiger partial charge in [-0.05, 0) is 55.3 Å². The van der Waals surface area contributed by atoms with E-state index in [1.165, 1.54) is 29.1 Å². The van der Waals surface area contributed by atoms with Crippen LogP contribution in [-0.2, 0) is 6.42 Å². The molecular formula is C23H28N4O2. The van der Waals surface area contributed by atoms with Gasteiger partial charge in [-0.3, -0.25) is 0 Å². The van der Waals surface area contributed by atoms with Crippen molar-refractivity contribution in [2.75, 3.05) is 38.1 Å². The van der Waals surface area contributed by atoms with E-state index in [-0.39, 0.29) is 5.56 Å². The minimum absolute atomic E-state index is 0.130. The fourth-order valence-corrected chi connectivity index (χ4v) is 4.35. The van der Waals surface area contributed by atoms with Gasteiger partial charge in [-0.1, -0.05) is 30.3 Å². The van der Waals surface area contributed by atoms with E-state index >= 15 is 0 Å². The van der Waals surface area contributed by atoms with Gasteiger partial charge in [-0.25, -0.2) is 14.8 Å². The third kappa shape index (κ3) is 4.65. The highest BCUT2D eigenvalue weighted by molar-refractivity contribution is 5.86. The molecule has 0 unspecified atom stereocenters. The molecule has 2 aliphatic rings. The first-order valence-corrected chi connectivity index (χ1v) is 10.4. The van der Waals surface area contributed by atoms with Crippen LogP contribution in [-0.4, -0.2) is 59.2 Å². The minimum atomic E-state index is -0.991. The van der Waals surface area contributed by atoms with E-state index in [1.54, 1.807) is 0 Å². The zero-order chi connectivity index (χ0) is 20.2. The number of carboxylic acids is 1. The standard InChI is InChI=1S/C23H28N4O2/c1-26(11-10-19-7-6-18-4-2-3-5-21(18)19)16-17-8-12-27(13-9-17)23-24-14-20(15-25-23)22(28)29/h2-5,7,14-15,17H,6,8-13,16H2,1H3,(H,28,29). The Kier molecular flexibility index (Phi) is 5.90. The third-order valence-electron chi connectivity index (χ3n) is 6.05. The Balaban J connectivity index is 1.22. The van der Waals surface area contributed by atoms with Crippen molar-refractivity contribution in [2.24, 2.45) is 5.92 Å². The van der Waals surface area contributed by atoms with Crippen LogP contribution in [0.1, 0.15) is 40.7 Å². The molecular weight excluding hydrogens is 364 g/mol. The summed E-state index contributed by atoms with van der Waals surface area (Å²) in [6.45, 7) is 4.04. The number of aromatic carboxylic acids is 1. The van der Waals surface area contributed by atoms with Crippen molar-refractivity contribution in [3.05, 3.63) is 59.4 Å². The maximum Gasteiger partial charge on any atom is 0.338 e. The Hall–Kier alpha value is -2.73. The summed E-state index contributed by atoms with van der Waals surface area (Å²) in [4.78, 5) is 24.0. The second-order valence-corrected chi connectivity index (χ2v) is 8.11. The Morgan fingerprint density at radius 1 is 1.21 bits per heavy atom. The first-order valence-electron chi connectivity index (χ1n) is 10.4. The van der Waals surface area contributed by atoms with Gasteiger partial charge in [-0.2, -0.15) is 0 Å². The van der Waals surface area contributed by atoms with Crippen LogP contribution in [0.25, 0.3) is 5.57 Å². The van der Waals surface area contributed by atoms with Crippen LogP contribution in [0, 0.1) is 5.92 Å². The normalized spacial score (nSPS) is 16.8. The van der Waals surface area contributed by atoms with E-state index in [9.17, 15) is 4.79 Å². The van der Waals surface area contributed by atoms with Gasteiger partial charge in [0.15, 0.2) is 0 Å². The second kappa shape index (κ2) is 8.74. The fourth-order valence-electron chi connectivity index (χ4n) is 4.35. The van der Waals surface area contributed by atoms with Gasteiger partial charge < -0.3 is 14.9 Å². The van der Waals surface area contributed by atoms with Crippen molar-refractivity contribution < 1.29 is 9.90 Å². The average molecular weight is 393 g/mol. The number of anilines is 1. The summed E-state index contributed by atoms with van der Waals surface area (Å²) in [5.41, 5.74) is 4.51. The van der Waals surface area contributed by atoms with Crippen LogP contribution in [0.4, 0.5) is 5.95 Å². The number of allylic oxidation sites excluding steroid dienone is 1. The van der Waals surface area contributed by atoms with Gasteiger partial charge in [0.05, 0.1) is 5.56 Å². The Labute approximate surface area is 171 Å². The number of benzene rings is 1. The molecule has 6 heteroatoms. The number of piperidine rings is 1. The maximum absolute atomic E-state index is 10.9. The molecule has 0 spiro atoms. The summed E-state index contributed by atoms with van der Waals surface area (Å²) in [6, 6.07) is 8.73. The summed E-state index contributed by atoms with van der Waals surface area (Å²) in [7, 11) is 2.22. The molecule has 1 N–H and O–H groups in total. The lowest BCUT2D eigenvalue weighted by Crippen LogP contribution is -2.38. The SMILES string of the molecule is CN(CCC1=CCc2ccccc21)CC1CCN(c2ncc(C(=O)O)cn2)CC1. The molecule has 1 saturated heterocycles. The molecule has 1 aliphatic carbocycles. The van der Waals surface area contributed by atoms with Gasteiger partial charge in [0, 0.05) is 38.6 Å². The molecule has 0 amide bonds. The van der Waals surface area contributed by atoms with E-state index in [0.717, 1.165) is 51.9 Å². The number of carbonyl (C=O) groups is 1. The van der Waals surface area contributed by atoms with Crippen molar-refractivity contribution in [2.45, 2.75) is 25.7 Å². The number of fused-ring (bicyclic) bond motifs is 1. The zero-order valence-electron chi connectivity index (χ0n) is 16.9. The molecule has 0 bridgehead atoms. The first-order chi connectivity index (χ1) is 14.1. The van der Waals surface area contributed by atoms with E-state index in [0.29, 0.717) is 11.9 Å². The van der Waals surface area contributed by atoms with Crippen LogP contribution < -0.4 is 4.90 Å². The lowest BCUT2D eigenvalue weighted by molar-refractivity contribution is 0.0696. The minimum Gasteiger partial charge on any atom is -0.478 e. The highest BCUT2D eigenvalue weighted by Crippen LogP contribution is 2.29. The molecule has 1 aromatic carbocycles. The predicted molar refractivity (Wildman–Crippen MR) is 114 cm³/mol. The molecule has 1 aromatic heterocycles. The van der Waals surface area contributed by atoms with Gasteiger partial charge in [-0.15, -0.1) is 0 Å². The van der Waals surface area contributed by atoms with Crippen LogP contribution in [0.3, 0.4) is 0 Å². The number of rotatable bonds is 7. The Morgan fingerprint density at radius 3 is 2.66 bits per heavy atom. The number of hydrogen-bond acceptors (Lipinski definition) is 5. The molecule has 0 atom stereocenters. The summed E-state index contributed by atoms with van der Waals surface area (Å²) in [5, 5.41) is 8.96. The molecule has 152 valence electrons. The number of nitrogens with zero attached hydrogens (tertiary/aromatic N) is 4. The topological polar surface area (TPSA) is 69.6 Å².